The topological polar surface area (TPSA) is 65.8 Å². The number of carbonyl (C=O) groups excluding carboxylic acids is 1. The first-order chi connectivity index (χ1) is 15.4. The molecule has 0 bridgehead atoms. The number of amides is 1. The molecule has 4 rings (SSSR count). The fraction of sp³-hybridized carbons (Fsp3) is 0.480. The fourth-order valence-corrected chi connectivity index (χ4v) is 4.43. The quantitative estimate of drug-likeness (QED) is 0.619. The third kappa shape index (κ3) is 5.34. The van der Waals surface area contributed by atoms with Crippen LogP contribution in [-0.4, -0.2) is 63.5 Å². The van der Waals surface area contributed by atoms with Crippen molar-refractivity contribution in [2.45, 2.75) is 46.7 Å². The molecule has 1 saturated heterocycles. The molecule has 1 N–H and O–H groups in total. The van der Waals surface area contributed by atoms with Crippen molar-refractivity contribution in [1.29, 1.82) is 0 Å². The van der Waals surface area contributed by atoms with Gasteiger partial charge < -0.3 is 10.2 Å². The third-order valence-electron chi connectivity index (χ3n) is 6.37. The van der Waals surface area contributed by atoms with Gasteiger partial charge in [0.1, 0.15) is 0 Å². The first-order valence-electron chi connectivity index (χ1n) is 11.5. The largest absolute Gasteiger partial charge is 0.352 e. The van der Waals surface area contributed by atoms with E-state index in [1.54, 1.807) is 0 Å². The average Bonchev–Trinajstić information content (AvgIpc) is 3.14. The van der Waals surface area contributed by atoms with Crippen LogP contribution in [0.3, 0.4) is 0 Å². The van der Waals surface area contributed by atoms with E-state index in [2.05, 4.69) is 56.5 Å². The molecule has 1 aliphatic rings. The van der Waals surface area contributed by atoms with Crippen LogP contribution < -0.4 is 5.32 Å². The van der Waals surface area contributed by atoms with E-state index >= 15 is 0 Å². The van der Waals surface area contributed by atoms with Crippen molar-refractivity contribution in [2.24, 2.45) is 0 Å². The number of piperazine rings is 1. The van der Waals surface area contributed by atoms with Gasteiger partial charge in [0.05, 0.1) is 5.69 Å². The highest BCUT2D eigenvalue weighted by Gasteiger charge is 2.15. The van der Waals surface area contributed by atoms with Gasteiger partial charge in [-0.05, 0) is 50.9 Å². The van der Waals surface area contributed by atoms with Crippen LogP contribution in [0.2, 0.25) is 0 Å². The highest BCUT2D eigenvalue weighted by Crippen LogP contribution is 2.17. The molecular formula is C25H34N6O. The van der Waals surface area contributed by atoms with Gasteiger partial charge in [-0.25, -0.2) is 9.50 Å². The van der Waals surface area contributed by atoms with Crippen LogP contribution in [0, 0.1) is 20.8 Å². The molecule has 32 heavy (non-hydrogen) atoms. The zero-order valence-corrected chi connectivity index (χ0v) is 19.7. The lowest BCUT2D eigenvalue weighted by Crippen LogP contribution is -2.43. The number of carbonyl (C=O) groups is 1. The van der Waals surface area contributed by atoms with E-state index in [4.69, 9.17) is 0 Å². The Morgan fingerprint density at radius 3 is 2.59 bits per heavy atom. The summed E-state index contributed by atoms with van der Waals surface area (Å²) in [4.78, 5) is 22.1. The minimum absolute atomic E-state index is 0.0602. The maximum absolute atomic E-state index is 12.5. The second-order valence-electron chi connectivity index (χ2n) is 8.99. The summed E-state index contributed by atoms with van der Waals surface area (Å²) in [6.45, 7) is 12.0. The Hall–Kier alpha value is -2.77. The van der Waals surface area contributed by atoms with Gasteiger partial charge >= 0.3 is 0 Å². The van der Waals surface area contributed by atoms with Crippen molar-refractivity contribution in [2.75, 3.05) is 33.2 Å². The molecular weight excluding hydrogens is 400 g/mol. The smallest absolute Gasteiger partial charge is 0.220 e. The van der Waals surface area contributed by atoms with Crippen LogP contribution in [0.5, 0.6) is 0 Å². The number of aromatic nitrogens is 3. The van der Waals surface area contributed by atoms with E-state index in [-0.39, 0.29) is 5.91 Å². The van der Waals surface area contributed by atoms with Gasteiger partial charge in [0.2, 0.25) is 5.91 Å². The fourth-order valence-electron chi connectivity index (χ4n) is 4.43. The summed E-state index contributed by atoms with van der Waals surface area (Å²) in [5.74, 6) is 0.0602. The number of aryl methyl sites for hydroxylation is 3. The predicted molar refractivity (Wildman–Crippen MR) is 127 cm³/mol. The van der Waals surface area contributed by atoms with Crippen LogP contribution in [0.25, 0.3) is 5.65 Å². The van der Waals surface area contributed by atoms with E-state index in [1.165, 1.54) is 5.56 Å². The highest BCUT2D eigenvalue weighted by atomic mass is 16.1. The van der Waals surface area contributed by atoms with E-state index in [1.807, 2.05) is 31.4 Å². The van der Waals surface area contributed by atoms with Gasteiger partial charge in [-0.2, -0.15) is 5.10 Å². The molecule has 170 valence electrons. The Morgan fingerprint density at radius 2 is 1.81 bits per heavy atom. The Kier molecular flexibility index (Phi) is 6.86. The molecule has 0 atom stereocenters. The molecule has 3 aromatic rings. The third-order valence-corrected chi connectivity index (χ3v) is 6.37. The van der Waals surface area contributed by atoms with Gasteiger partial charge in [0, 0.05) is 63.1 Å². The van der Waals surface area contributed by atoms with Crippen LogP contribution in [0.4, 0.5) is 0 Å². The number of hydrogen-bond acceptors (Lipinski definition) is 5. The molecule has 1 amide bonds. The number of benzene rings is 1. The molecule has 1 aliphatic heterocycles. The summed E-state index contributed by atoms with van der Waals surface area (Å²) < 4.78 is 1.88. The lowest BCUT2D eigenvalue weighted by Gasteiger charge is -2.32. The molecule has 2 aromatic heterocycles. The van der Waals surface area contributed by atoms with Crippen molar-refractivity contribution in [3.63, 3.8) is 0 Å². The Labute approximate surface area is 190 Å². The molecule has 0 radical (unpaired) electrons. The maximum Gasteiger partial charge on any atom is 0.220 e. The summed E-state index contributed by atoms with van der Waals surface area (Å²) in [7, 11) is 2.18. The molecule has 3 heterocycles. The normalized spacial score (nSPS) is 15.4. The summed E-state index contributed by atoms with van der Waals surface area (Å²) in [5, 5.41) is 7.60. The summed E-state index contributed by atoms with van der Waals surface area (Å²) in [6, 6.07) is 10.5. The van der Waals surface area contributed by atoms with Gasteiger partial charge in [-0.1, -0.05) is 24.3 Å². The zero-order chi connectivity index (χ0) is 22.7. The average molecular weight is 435 g/mol. The first-order valence-corrected chi connectivity index (χ1v) is 11.5. The number of likely N-dealkylation sites (N-methyl/N-ethyl adjacent to an activating group) is 1. The molecule has 0 spiro atoms. The first kappa shape index (κ1) is 22.4. The standard InChI is InChI=1S/C25H34N6O/c1-18-14-24-27-19(2)23(20(3)31(24)28-18)8-9-25(32)26-16-21-6-5-7-22(15-21)17-30-12-10-29(4)11-13-30/h5-7,14-15H,8-13,16-17H2,1-4H3,(H,26,32). The molecule has 7 heteroatoms. The minimum atomic E-state index is 0.0602. The summed E-state index contributed by atoms with van der Waals surface area (Å²) in [6.07, 6.45) is 1.10. The zero-order valence-electron chi connectivity index (χ0n) is 19.7. The number of nitrogens with zero attached hydrogens (tertiary/aromatic N) is 5. The second-order valence-corrected chi connectivity index (χ2v) is 8.99. The van der Waals surface area contributed by atoms with Crippen LogP contribution in [0.1, 0.15) is 40.2 Å². The number of rotatable bonds is 7. The van der Waals surface area contributed by atoms with Gasteiger partial charge in [0.15, 0.2) is 5.65 Å². The number of fused-ring (bicyclic) bond motifs is 1. The van der Waals surface area contributed by atoms with Gasteiger partial charge in [0.25, 0.3) is 0 Å². The summed E-state index contributed by atoms with van der Waals surface area (Å²) >= 11 is 0. The lowest BCUT2D eigenvalue weighted by atomic mass is 10.1. The molecule has 0 aliphatic carbocycles. The Morgan fingerprint density at radius 1 is 1.06 bits per heavy atom. The van der Waals surface area contributed by atoms with Gasteiger partial charge in [-0.3, -0.25) is 9.69 Å². The van der Waals surface area contributed by atoms with Crippen molar-refractivity contribution in [1.82, 2.24) is 29.7 Å². The van der Waals surface area contributed by atoms with E-state index in [9.17, 15) is 4.79 Å². The minimum Gasteiger partial charge on any atom is -0.352 e. The van der Waals surface area contributed by atoms with Crippen LogP contribution >= 0.6 is 0 Å². The Balaban J connectivity index is 1.30. The maximum atomic E-state index is 12.5. The lowest BCUT2D eigenvalue weighted by molar-refractivity contribution is -0.121. The monoisotopic (exact) mass is 434 g/mol. The van der Waals surface area contributed by atoms with Crippen molar-refractivity contribution in [3.8, 4) is 0 Å². The SMILES string of the molecule is Cc1cc2nc(C)c(CCC(=O)NCc3cccc(CN4CCN(C)CC4)c3)c(C)n2n1. The molecule has 1 aromatic carbocycles. The van der Waals surface area contributed by atoms with E-state index in [0.29, 0.717) is 19.4 Å². The number of hydrogen-bond donors (Lipinski definition) is 1. The van der Waals surface area contributed by atoms with Crippen molar-refractivity contribution >= 4 is 11.6 Å². The Bertz CT molecular complexity index is 1100. The van der Waals surface area contributed by atoms with Crippen LogP contribution in [0.15, 0.2) is 30.3 Å². The highest BCUT2D eigenvalue weighted by molar-refractivity contribution is 5.76. The molecule has 7 nitrogen and oxygen atoms in total. The van der Waals surface area contributed by atoms with Crippen molar-refractivity contribution in [3.05, 3.63) is 64.1 Å². The molecule has 1 fully saturated rings. The molecule has 0 saturated carbocycles. The molecule has 0 unspecified atom stereocenters. The van der Waals surface area contributed by atoms with Gasteiger partial charge in [-0.15, -0.1) is 0 Å². The van der Waals surface area contributed by atoms with E-state index in [0.717, 1.165) is 66.6 Å². The predicted octanol–water partition coefficient (Wildman–Crippen LogP) is 2.65. The van der Waals surface area contributed by atoms with Crippen LogP contribution in [-0.2, 0) is 24.3 Å². The summed E-state index contributed by atoms with van der Waals surface area (Å²) in [5.41, 5.74) is 7.40. The second kappa shape index (κ2) is 9.79. The number of nitrogens with one attached hydrogen (secondary N) is 1. The van der Waals surface area contributed by atoms with E-state index < -0.39 is 0 Å². The van der Waals surface area contributed by atoms with Crippen molar-refractivity contribution < 1.29 is 4.79 Å².